The molecule has 5 nitrogen and oxygen atoms in total. The molecule has 74 valence electrons. The maximum absolute atomic E-state index is 11.1. The lowest BCUT2D eigenvalue weighted by Gasteiger charge is -2.14. The van der Waals surface area contributed by atoms with Crippen LogP contribution < -0.4 is 10.5 Å². The van der Waals surface area contributed by atoms with Crippen molar-refractivity contribution in [2.75, 3.05) is 20.6 Å². The van der Waals surface area contributed by atoms with Crippen molar-refractivity contribution < 1.29 is 8.42 Å². The van der Waals surface area contributed by atoms with Crippen molar-refractivity contribution in [1.82, 2.24) is 9.03 Å². The zero-order chi connectivity index (χ0) is 9.78. The number of rotatable bonds is 5. The summed E-state index contributed by atoms with van der Waals surface area (Å²) in [6, 6.07) is -0.111. The van der Waals surface area contributed by atoms with Crippen molar-refractivity contribution in [2.45, 2.75) is 19.4 Å². The van der Waals surface area contributed by atoms with Crippen LogP contribution in [0.4, 0.5) is 0 Å². The Hall–Kier alpha value is -0.170. The second kappa shape index (κ2) is 4.76. The van der Waals surface area contributed by atoms with E-state index in [-0.39, 0.29) is 12.6 Å². The van der Waals surface area contributed by atoms with Crippen molar-refractivity contribution in [3.05, 3.63) is 0 Å². The van der Waals surface area contributed by atoms with Gasteiger partial charge in [-0.25, -0.2) is 4.72 Å². The van der Waals surface area contributed by atoms with E-state index in [4.69, 9.17) is 5.73 Å². The summed E-state index contributed by atoms with van der Waals surface area (Å²) in [5.74, 6) is 0. The van der Waals surface area contributed by atoms with E-state index >= 15 is 0 Å². The van der Waals surface area contributed by atoms with Gasteiger partial charge in [-0.3, -0.25) is 0 Å². The van der Waals surface area contributed by atoms with E-state index in [1.54, 1.807) is 0 Å². The lowest BCUT2D eigenvalue weighted by Crippen LogP contribution is -2.42. The van der Waals surface area contributed by atoms with Gasteiger partial charge in [-0.1, -0.05) is 6.92 Å². The molecule has 0 radical (unpaired) electrons. The van der Waals surface area contributed by atoms with Crippen molar-refractivity contribution in [3.8, 4) is 0 Å². The average molecular weight is 195 g/mol. The molecule has 0 aliphatic rings. The topological polar surface area (TPSA) is 75.4 Å². The van der Waals surface area contributed by atoms with E-state index in [2.05, 4.69) is 4.72 Å². The number of nitrogens with two attached hydrogens (primary N) is 1. The minimum atomic E-state index is -3.30. The first-order valence-corrected chi connectivity index (χ1v) is 5.27. The third-order valence-corrected chi connectivity index (χ3v) is 3.03. The first kappa shape index (κ1) is 11.8. The largest absolute Gasteiger partial charge is 0.327 e. The van der Waals surface area contributed by atoms with Crippen LogP contribution in [0.25, 0.3) is 0 Å². The molecule has 0 aromatic heterocycles. The molecule has 1 atom stereocenters. The van der Waals surface area contributed by atoms with Crippen molar-refractivity contribution in [2.24, 2.45) is 5.73 Å². The Morgan fingerprint density at radius 3 is 2.33 bits per heavy atom. The number of nitrogens with one attached hydrogen (secondary N) is 1. The van der Waals surface area contributed by atoms with Crippen LogP contribution in [0.2, 0.25) is 0 Å². The smallest absolute Gasteiger partial charge is 0.278 e. The van der Waals surface area contributed by atoms with Gasteiger partial charge in [-0.15, -0.1) is 0 Å². The first-order chi connectivity index (χ1) is 5.40. The van der Waals surface area contributed by atoms with Gasteiger partial charge in [0.1, 0.15) is 0 Å². The Bertz CT molecular complexity index is 213. The molecule has 0 rings (SSSR count). The van der Waals surface area contributed by atoms with Crippen LogP contribution in [0.1, 0.15) is 13.3 Å². The maximum Gasteiger partial charge on any atom is 0.278 e. The van der Waals surface area contributed by atoms with Crippen LogP contribution in [-0.4, -0.2) is 39.4 Å². The molecular formula is C6H17N3O2S. The van der Waals surface area contributed by atoms with Gasteiger partial charge < -0.3 is 5.73 Å². The van der Waals surface area contributed by atoms with Crippen LogP contribution >= 0.6 is 0 Å². The van der Waals surface area contributed by atoms with Gasteiger partial charge in [-0.2, -0.15) is 12.7 Å². The Morgan fingerprint density at radius 2 is 2.00 bits per heavy atom. The zero-order valence-electron chi connectivity index (χ0n) is 7.74. The number of nitrogens with zero attached hydrogens (tertiary/aromatic N) is 1. The van der Waals surface area contributed by atoms with Gasteiger partial charge in [-0.05, 0) is 6.42 Å². The average Bonchev–Trinajstić information content (AvgIpc) is 2.00. The van der Waals surface area contributed by atoms with Crippen LogP contribution in [0.5, 0.6) is 0 Å². The molecule has 0 aromatic carbocycles. The molecule has 0 bridgehead atoms. The molecular weight excluding hydrogens is 178 g/mol. The highest BCUT2D eigenvalue weighted by atomic mass is 32.2. The standard InChI is InChI=1S/C6H17N3O2S/c1-4-6(7)5-8-12(10,11)9(2)3/h6,8H,4-5,7H2,1-3H3. The van der Waals surface area contributed by atoms with Gasteiger partial charge in [0.25, 0.3) is 10.2 Å². The number of hydrogen-bond donors (Lipinski definition) is 2. The van der Waals surface area contributed by atoms with Crippen LogP contribution in [0.15, 0.2) is 0 Å². The van der Waals surface area contributed by atoms with E-state index in [0.29, 0.717) is 0 Å². The Balaban J connectivity index is 3.94. The van der Waals surface area contributed by atoms with Gasteiger partial charge in [0.05, 0.1) is 0 Å². The molecule has 0 saturated carbocycles. The highest BCUT2D eigenvalue weighted by molar-refractivity contribution is 7.87. The quantitative estimate of drug-likeness (QED) is 0.598. The highest BCUT2D eigenvalue weighted by Crippen LogP contribution is 1.89. The van der Waals surface area contributed by atoms with Crippen molar-refractivity contribution >= 4 is 10.2 Å². The van der Waals surface area contributed by atoms with Gasteiger partial charge >= 0.3 is 0 Å². The molecule has 0 amide bonds. The first-order valence-electron chi connectivity index (χ1n) is 3.82. The molecule has 0 aromatic rings. The minimum absolute atomic E-state index is 0.111. The SMILES string of the molecule is CCC(N)CNS(=O)(=O)N(C)C. The summed E-state index contributed by atoms with van der Waals surface area (Å²) in [5, 5.41) is 0. The molecule has 6 heteroatoms. The third-order valence-electron chi connectivity index (χ3n) is 1.53. The summed E-state index contributed by atoms with van der Waals surface area (Å²) in [6.45, 7) is 2.20. The van der Waals surface area contributed by atoms with Crippen LogP contribution in [-0.2, 0) is 10.2 Å². The molecule has 0 aliphatic heterocycles. The van der Waals surface area contributed by atoms with Gasteiger partial charge in [0.15, 0.2) is 0 Å². The Morgan fingerprint density at radius 1 is 1.50 bits per heavy atom. The predicted octanol–water partition coefficient (Wildman–Crippen LogP) is -0.880. The summed E-state index contributed by atoms with van der Waals surface area (Å²) >= 11 is 0. The number of hydrogen-bond acceptors (Lipinski definition) is 3. The minimum Gasteiger partial charge on any atom is -0.327 e. The normalized spacial score (nSPS) is 15.1. The van der Waals surface area contributed by atoms with Crippen LogP contribution in [0, 0.1) is 0 Å². The summed E-state index contributed by atoms with van der Waals surface area (Å²) < 4.78 is 25.7. The fourth-order valence-corrected chi connectivity index (χ4v) is 1.17. The molecule has 1 unspecified atom stereocenters. The molecule has 0 fully saturated rings. The van der Waals surface area contributed by atoms with E-state index in [1.807, 2.05) is 6.92 Å². The van der Waals surface area contributed by atoms with Crippen LogP contribution in [0.3, 0.4) is 0 Å². The lowest BCUT2D eigenvalue weighted by atomic mass is 10.2. The second-order valence-electron chi connectivity index (χ2n) is 2.80. The summed E-state index contributed by atoms with van der Waals surface area (Å²) in [5.41, 5.74) is 5.53. The van der Waals surface area contributed by atoms with E-state index < -0.39 is 10.2 Å². The monoisotopic (exact) mass is 195 g/mol. The fraction of sp³-hybridized carbons (Fsp3) is 1.00. The van der Waals surface area contributed by atoms with E-state index in [0.717, 1.165) is 10.7 Å². The lowest BCUT2D eigenvalue weighted by molar-refractivity contribution is 0.497. The molecule has 0 heterocycles. The summed E-state index contributed by atoms with van der Waals surface area (Å²) in [6.07, 6.45) is 0.760. The zero-order valence-corrected chi connectivity index (χ0v) is 8.56. The predicted molar refractivity (Wildman–Crippen MR) is 48.9 cm³/mol. The molecule has 0 spiro atoms. The highest BCUT2D eigenvalue weighted by Gasteiger charge is 2.12. The maximum atomic E-state index is 11.1. The molecule has 0 aliphatic carbocycles. The summed E-state index contributed by atoms with van der Waals surface area (Å²) in [4.78, 5) is 0. The Labute approximate surface area is 74.1 Å². The Kier molecular flexibility index (Phi) is 4.69. The van der Waals surface area contributed by atoms with Gasteiger partial charge in [0, 0.05) is 26.7 Å². The summed E-state index contributed by atoms with van der Waals surface area (Å²) in [7, 11) is -0.356. The van der Waals surface area contributed by atoms with E-state index in [1.165, 1.54) is 14.1 Å². The van der Waals surface area contributed by atoms with Gasteiger partial charge in [0.2, 0.25) is 0 Å². The van der Waals surface area contributed by atoms with Crippen molar-refractivity contribution in [3.63, 3.8) is 0 Å². The molecule has 3 N–H and O–H groups in total. The molecule has 12 heavy (non-hydrogen) atoms. The molecule has 0 saturated heterocycles. The van der Waals surface area contributed by atoms with E-state index in [9.17, 15) is 8.42 Å². The van der Waals surface area contributed by atoms with Crippen molar-refractivity contribution in [1.29, 1.82) is 0 Å². The third kappa shape index (κ3) is 4.01. The second-order valence-corrected chi connectivity index (χ2v) is 4.77. The fourth-order valence-electron chi connectivity index (χ4n) is 0.486.